The topological polar surface area (TPSA) is 52.3 Å². The number of nitrogens with zero attached hydrogens (tertiary/aromatic N) is 1. The molecule has 1 aromatic rings. The molecule has 0 aliphatic carbocycles. The van der Waals surface area contributed by atoms with Gasteiger partial charge in [-0.1, -0.05) is 5.16 Å². The molecule has 0 saturated heterocycles. The molecule has 1 aromatic heterocycles. The average Bonchev–Trinajstić information content (AvgIpc) is 2.31. The summed E-state index contributed by atoms with van der Waals surface area (Å²) in [5.74, 6) is 0.144. The van der Waals surface area contributed by atoms with Crippen molar-refractivity contribution in [3.63, 3.8) is 0 Å². The summed E-state index contributed by atoms with van der Waals surface area (Å²) in [4.78, 5) is 11.3. The SMILES string of the molecule is Cc1cc(C(=O)OC(C)(C)C)no1. The molecule has 0 aliphatic rings. The fourth-order valence-corrected chi connectivity index (χ4v) is 0.793. The van der Waals surface area contributed by atoms with Crippen molar-refractivity contribution >= 4 is 5.97 Å². The Kier molecular flexibility index (Phi) is 2.40. The summed E-state index contributed by atoms with van der Waals surface area (Å²) >= 11 is 0. The molecule has 0 aromatic carbocycles. The fourth-order valence-electron chi connectivity index (χ4n) is 0.793. The van der Waals surface area contributed by atoms with Gasteiger partial charge in [-0.05, 0) is 27.7 Å². The smallest absolute Gasteiger partial charge is 0.361 e. The second-order valence-electron chi connectivity index (χ2n) is 3.82. The Morgan fingerprint density at radius 3 is 2.54 bits per heavy atom. The number of rotatable bonds is 1. The number of carbonyl (C=O) groups is 1. The second kappa shape index (κ2) is 3.20. The van der Waals surface area contributed by atoms with Crippen LogP contribution in [-0.4, -0.2) is 16.7 Å². The molecule has 4 heteroatoms. The minimum absolute atomic E-state index is 0.215. The zero-order chi connectivity index (χ0) is 10.1. The molecule has 0 unspecified atom stereocenters. The van der Waals surface area contributed by atoms with Crippen LogP contribution in [0.5, 0.6) is 0 Å². The Balaban J connectivity index is 2.70. The highest BCUT2D eigenvalue weighted by atomic mass is 16.6. The predicted molar refractivity (Wildman–Crippen MR) is 46.4 cm³/mol. The van der Waals surface area contributed by atoms with Gasteiger partial charge >= 0.3 is 5.97 Å². The molecule has 0 atom stereocenters. The molecule has 0 amide bonds. The number of aromatic nitrogens is 1. The fraction of sp³-hybridized carbons (Fsp3) is 0.556. The molecular weight excluding hydrogens is 170 g/mol. The minimum Gasteiger partial charge on any atom is -0.455 e. The van der Waals surface area contributed by atoms with E-state index in [1.165, 1.54) is 0 Å². The van der Waals surface area contributed by atoms with Gasteiger partial charge in [0.1, 0.15) is 11.4 Å². The summed E-state index contributed by atoms with van der Waals surface area (Å²) in [6.45, 7) is 7.13. The number of hydrogen-bond donors (Lipinski definition) is 0. The van der Waals surface area contributed by atoms with Gasteiger partial charge in [-0.3, -0.25) is 0 Å². The van der Waals surface area contributed by atoms with E-state index in [1.807, 2.05) is 0 Å². The average molecular weight is 183 g/mol. The third-order valence-electron chi connectivity index (χ3n) is 1.24. The summed E-state index contributed by atoms with van der Waals surface area (Å²) in [6, 6.07) is 1.55. The Morgan fingerprint density at radius 2 is 2.15 bits per heavy atom. The number of aryl methyl sites for hydroxylation is 1. The summed E-state index contributed by atoms with van der Waals surface area (Å²) in [5, 5.41) is 3.55. The van der Waals surface area contributed by atoms with Gasteiger partial charge in [0, 0.05) is 6.07 Å². The van der Waals surface area contributed by atoms with Crippen LogP contribution in [0.4, 0.5) is 0 Å². The van der Waals surface area contributed by atoms with Crippen LogP contribution >= 0.6 is 0 Å². The summed E-state index contributed by atoms with van der Waals surface area (Å²) in [5.41, 5.74) is -0.281. The first-order valence-electron chi connectivity index (χ1n) is 4.05. The third-order valence-corrected chi connectivity index (χ3v) is 1.24. The van der Waals surface area contributed by atoms with Gasteiger partial charge in [-0.15, -0.1) is 0 Å². The lowest BCUT2D eigenvalue weighted by Crippen LogP contribution is -2.24. The molecule has 0 saturated carbocycles. The molecule has 4 nitrogen and oxygen atoms in total. The van der Waals surface area contributed by atoms with Crippen LogP contribution in [0.15, 0.2) is 10.6 Å². The third kappa shape index (κ3) is 2.89. The molecule has 1 rings (SSSR count). The van der Waals surface area contributed by atoms with E-state index in [1.54, 1.807) is 33.8 Å². The van der Waals surface area contributed by atoms with Crippen molar-refractivity contribution in [3.8, 4) is 0 Å². The van der Waals surface area contributed by atoms with Crippen molar-refractivity contribution in [2.75, 3.05) is 0 Å². The lowest BCUT2D eigenvalue weighted by Gasteiger charge is -2.18. The number of esters is 1. The summed E-state index contributed by atoms with van der Waals surface area (Å²) < 4.78 is 9.82. The second-order valence-corrected chi connectivity index (χ2v) is 3.82. The van der Waals surface area contributed by atoms with E-state index in [4.69, 9.17) is 9.26 Å². The Hall–Kier alpha value is -1.32. The van der Waals surface area contributed by atoms with Gasteiger partial charge in [-0.25, -0.2) is 4.79 Å². The summed E-state index contributed by atoms with van der Waals surface area (Å²) in [6.07, 6.45) is 0. The Bertz CT molecular complexity index is 309. The van der Waals surface area contributed by atoms with Crippen LogP contribution in [0.3, 0.4) is 0 Å². The zero-order valence-corrected chi connectivity index (χ0v) is 8.25. The van der Waals surface area contributed by atoms with Crippen molar-refractivity contribution in [3.05, 3.63) is 17.5 Å². The highest BCUT2D eigenvalue weighted by Crippen LogP contribution is 2.11. The van der Waals surface area contributed by atoms with Crippen molar-refractivity contribution in [2.24, 2.45) is 0 Å². The summed E-state index contributed by atoms with van der Waals surface area (Å²) in [7, 11) is 0. The first-order chi connectivity index (χ1) is 5.88. The lowest BCUT2D eigenvalue weighted by atomic mass is 10.2. The van der Waals surface area contributed by atoms with Gasteiger partial charge in [0.15, 0.2) is 5.69 Å². The first-order valence-corrected chi connectivity index (χ1v) is 4.05. The lowest BCUT2D eigenvalue weighted by molar-refractivity contribution is 0.00588. The van der Waals surface area contributed by atoms with Crippen LogP contribution in [-0.2, 0) is 4.74 Å². The van der Waals surface area contributed by atoms with E-state index in [9.17, 15) is 4.79 Å². The van der Waals surface area contributed by atoms with Crippen molar-refractivity contribution < 1.29 is 14.1 Å². The van der Waals surface area contributed by atoms with E-state index in [-0.39, 0.29) is 5.69 Å². The molecule has 1 heterocycles. The van der Waals surface area contributed by atoms with E-state index in [2.05, 4.69) is 5.16 Å². The highest BCUT2D eigenvalue weighted by Gasteiger charge is 2.20. The van der Waals surface area contributed by atoms with Gasteiger partial charge in [0.25, 0.3) is 0 Å². The van der Waals surface area contributed by atoms with Gasteiger partial charge in [0.05, 0.1) is 0 Å². The normalized spacial score (nSPS) is 11.4. The van der Waals surface area contributed by atoms with Crippen molar-refractivity contribution in [2.45, 2.75) is 33.3 Å². The molecule has 72 valence electrons. The van der Waals surface area contributed by atoms with Crippen molar-refractivity contribution in [1.82, 2.24) is 5.16 Å². The van der Waals surface area contributed by atoms with Crippen LogP contribution in [0.2, 0.25) is 0 Å². The van der Waals surface area contributed by atoms with Crippen LogP contribution in [0, 0.1) is 6.92 Å². The maximum Gasteiger partial charge on any atom is 0.361 e. The van der Waals surface area contributed by atoms with Gasteiger partial charge < -0.3 is 9.26 Å². The standard InChI is InChI=1S/C9H13NO3/c1-6-5-7(10-13-6)8(11)12-9(2,3)4/h5H,1-4H3. The van der Waals surface area contributed by atoms with E-state index < -0.39 is 11.6 Å². The first kappa shape index (κ1) is 9.77. The molecule has 0 bridgehead atoms. The van der Waals surface area contributed by atoms with Crippen LogP contribution in [0.25, 0.3) is 0 Å². The van der Waals surface area contributed by atoms with Gasteiger partial charge in [0.2, 0.25) is 0 Å². The molecule has 0 N–H and O–H groups in total. The molecule has 13 heavy (non-hydrogen) atoms. The quantitative estimate of drug-likeness (QED) is 0.624. The predicted octanol–water partition coefficient (Wildman–Crippen LogP) is 1.94. The van der Waals surface area contributed by atoms with E-state index in [0.29, 0.717) is 5.76 Å². The largest absolute Gasteiger partial charge is 0.455 e. The van der Waals surface area contributed by atoms with E-state index >= 15 is 0 Å². The van der Waals surface area contributed by atoms with E-state index in [0.717, 1.165) is 0 Å². The molecule has 0 radical (unpaired) electrons. The molecule has 0 fully saturated rings. The maximum absolute atomic E-state index is 11.3. The van der Waals surface area contributed by atoms with Crippen LogP contribution in [0.1, 0.15) is 37.0 Å². The molecule has 0 aliphatic heterocycles. The van der Waals surface area contributed by atoms with Gasteiger partial charge in [-0.2, -0.15) is 0 Å². The Morgan fingerprint density at radius 1 is 1.54 bits per heavy atom. The molecular formula is C9H13NO3. The highest BCUT2D eigenvalue weighted by molar-refractivity contribution is 5.87. The molecule has 0 spiro atoms. The maximum atomic E-state index is 11.3. The van der Waals surface area contributed by atoms with Crippen LogP contribution < -0.4 is 0 Å². The number of ether oxygens (including phenoxy) is 1. The monoisotopic (exact) mass is 183 g/mol. The Labute approximate surface area is 76.9 Å². The zero-order valence-electron chi connectivity index (χ0n) is 8.25. The van der Waals surface area contributed by atoms with Crippen molar-refractivity contribution in [1.29, 1.82) is 0 Å². The number of hydrogen-bond acceptors (Lipinski definition) is 4. The number of carbonyl (C=O) groups excluding carboxylic acids is 1. The minimum atomic E-state index is -0.496.